The minimum absolute atomic E-state index is 0.0155. The maximum Gasteiger partial charge on any atom is 0.233 e. The summed E-state index contributed by atoms with van der Waals surface area (Å²) in [7, 11) is -3.04. The van der Waals surface area contributed by atoms with Gasteiger partial charge in [-0.05, 0) is 37.8 Å². The highest BCUT2D eigenvalue weighted by Crippen LogP contribution is 2.25. The topological polar surface area (TPSA) is 103 Å². The number of nitrogens with zero attached hydrogens (tertiary/aromatic N) is 3. The maximum atomic E-state index is 12.6. The van der Waals surface area contributed by atoms with Gasteiger partial charge in [-0.2, -0.15) is 0 Å². The van der Waals surface area contributed by atoms with Crippen molar-refractivity contribution in [2.24, 2.45) is 5.92 Å². The van der Waals surface area contributed by atoms with Crippen LogP contribution in [0.15, 0.2) is 35.5 Å². The van der Waals surface area contributed by atoms with Crippen molar-refractivity contribution >= 4 is 27.5 Å². The molecule has 2 heterocycles. The Morgan fingerprint density at radius 3 is 2.65 bits per heavy atom. The molecule has 31 heavy (non-hydrogen) atoms. The summed E-state index contributed by atoms with van der Waals surface area (Å²) in [4.78, 5) is 12.6. The number of benzene rings is 1. The molecule has 1 saturated heterocycles. The van der Waals surface area contributed by atoms with Gasteiger partial charge in [-0.15, -0.1) is 10.2 Å². The van der Waals surface area contributed by atoms with Gasteiger partial charge < -0.3 is 14.6 Å². The molecule has 1 aromatic carbocycles. The predicted octanol–water partition coefficient (Wildman–Crippen LogP) is 2.69. The highest BCUT2D eigenvalue weighted by molar-refractivity contribution is 8.00. The van der Waals surface area contributed by atoms with Crippen molar-refractivity contribution in [2.45, 2.75) is 63.2 Å². The lowest BCUT2D eigenvalue weighted by atomic mass is 10.1. The van der Waals surface area contributed by atoms with Crippen LogP contribution in [0, 0.1) is 5.92 Å². The monoisotopic (exact) mass is 466 g/mol. The van der Waals surface area contributed by atoms with E-state index in [2.05, 4.69) is 29.4 Å². The molecular formula is C21H30N4O4S2. The molecule has 0 aliphatic carbocycles. The normalized spacial score (nSPS) is 18.8. The van der Waals surface area contributed by atoms with E-state index in [9.17, 15) is 13.2 Å². The Bertz CT molecular complexity index is 977. The predicted molar refractivity (Wildman–Crippen MR) is 121 cm³/mol. The third-order valence-corrected chi connectivity index (χ3v) is 7.91. The largest absolute Gasteiger partial charge is 0.486 e. The number of amides is 1. The Kier molecular flexibility index (Phi) is 7.99. The van der Waals surface area contributed by atoms with E-state index in [0.29, 0.717) is 23.3 Å². The molecule has 1 amide bonds. The van der Waals surface area contributed by atoms with E-state index < -0.39 is 15.1 Å². The molecule has 1 aliphatic heterocycles. The SMILES string of the molecule is CC(C)CCn1c(COc2ccccc2)nnc1SC(C)C(=O)NC1CCS(=O)(=O)C1. The van der Waals surface area contributed by atoms with Crippen LogP contribution in [0.1, 0.15) is 39.4 Å². The van der Waals surface area contributed by atoms with E-state index in [1.807, 2.05) is 34.9 Å². The summed E-state index contributed by atoms with van der Waals surface area (Å²) in [5, 5.41) is 11.7. The number of carbonyl (C=O) groups excluding carboxylic acids is 1. The molecule has 1 N–H and O–H groups in total. The van der Waals surface area contributed by atoms with Crippen LogP contribution in [0.3, 0.4) is 0 Å². The first kappa shape index (κ1) is 23.6. The highest BCUT2D eigenvalue weighted by atomic mass is 32.2. The zero-order valence-electron chi connectivity index (χ0n) is 18.2. The van der Waals surface area contributed by atoms with Crippen molar-refractivity contribution in [1.82, 2.24) is 20.1 Å². The lowest BCUT2D eigenvalue weighted by Gasteiger charge is -2.17. The van der Waals surface area contributed by atoms with Crippen LogP contribution >= 0.6 is 11.8 Å². The number of para-hydroxylation sites is 1. The lowest BCUT2D eigenvalue weighted by Crippen LogP contribution is -2.40. The molecule has 2 unspecified atom stereocenters. The zero-order valence-corrected chi connectivity index (χ0v) is 19.8. The van der Waals surface area contributed by atoms with E-state index in [1.165, 1.54) is 11.8 Å². The average molecular weight is 467 g/mol. The third-order valence-electron chi connectivity index (χ3n) is 5.06. The first-order valence-electron chi connectivity index (χ1n) is 10.5. The summed E-state index contributed by atoms with van der Waals surface area (Å²) in [6.45, 7) is 7.13. The summed E-state index contributed by atoms with van der Waals surface area (Å²) in [5.41, 5.74) is 0. The third kappa shape index (κ3) is 6.96. The summed E-state index contributed by atoms with van der Waals surface area (Å²) in [5.74, 6) is 1.94. The summed E-state index contributed by atoms with van der Waals surface area (Å²) < 4.78 is 31.1. The van der Waals surface area contributed by atoms with Gasteiger partial charge in [-0.3, -0.25) is 4.79 Å². The first-order chi connectivity index (χ1) is 14.7. The van der Waals surface area contributed by atoms with Crippen LogP contribution in [-0.2, 0) is 27.8 Å². The van der Waals surface area contributed by atoms with Gasteiger partial charge in [0.25, 0.3) is 0 Å². The van der Waals surface area contributed by atoms with Gasteiger partial charge in [0.05, 0.1) is 16.8 Å². The summed E-state index contributed by atoms with van der Waals surface area (Å²) >= 11 is 1.33. The molecule has 2 aromatic rings. The molecule has 1 aromatic heterocycles. The Balaban J connectivity index is 1.65. The Hall–Kier alpha value is -2.07. The van der Waals surface area contributed by atoms with Crippen molar-refractivity contribution in [3.05, 3.63) is 36.2 Å². The molecule has 0 radical (unpaired) electrons. The van der Waals surface area contributed by atoms with E-state index in [0.717, 1.165) is 18.7 Å². The fourth-order valence-corrected chi connectivity index (χ4v) is 5.80. The van der Waals surface area contributed by atoms with Crippen LogP contribution < -0.4 is 10.1 Å². The van der Waals surface area contributed by atoms with Crippen molar-refractivity contribution < 1.29 is 17.9 Å². The number of thioether (sulfide) groups is 1. The van der Waals surface area contributed by atoms with Gasteiger partial charge in [-0.25, -0.2) is 8.42 Å². The molecule has 2 atom stereocenters. The number of aromatic nitrogens is 3. The number of ether oxygens (including phenoxy) is 1. The standard InChI is InChI=1S/C21H30N4O4S2/c1-15(2)9-11-25-19(13-29-18-7-5-4-6-8-18)23-24-21(25)30-16(3)20(26)22-17-10-12-31(27,28)14-17/h4-8,15-17H,9-14H2,1-3H3,(H,22,26). The molecular weight excluding hydrogens is 436 g/mol. The van der Waals surface area contributed by atoms with E-state index >= 15 is 0 Å². The molecule has 8 nitrogen and oxygen atoms in total. The van der Waals surface area contributed by atoms with Crippen LogP contribution in [0.25, 0.3) is 0 Å². The summed E-state index contributed by atoms with van der Waals surface area (Å²) in [6.07, 6.45) is 1.42. The van der Waals surface area contributed by atoms with Gasteiger partial charge >= 0.3 is 0 Å². The molecule has 0 bridgehead atoms. The smallest absolute Gasteiger partial charge is 0.233 e. The van der Waals surface area contributed by atoms with Gasteiger partial charge in [0, 0.05) is 12.6 Å². The molecule has 1 aliphatic rings. The first-order valence-corrected chi connectivity index (χ1v) is 13.2. The molecule has 10 heteroatoms. The number of rotatable bonds is 10. The van der Waals surface area contributed by atoms with Crippen molar-refractivity contribution in [2.75, 3.05) is 11.5 Å². The van der Waals surface area contributed by atoms with Crippen LogP contribution in [0.2, 0.25) is 0 Å². The summed E-state index contributed by atoms with van der Waals surface area (Å²) in [6, 6.07) is 9.22. The molecule has 1 fully saturated rings. The Morgan fingerprint density at radius 1 is 1.26 bits per heavy atom. The fraction of sp³-hybridized carbons (Fsp3) is 0.571. The minimum atomic E-state index is -3.04. The van der Waals surface area contributed by atoms with E-state index in [1.54, 1.807) is 6.92 Å². The van der Waals surface area contributed by atoms with Crippen molar-refractivity contribution in [3.63, 3.8) is 0 Å². The van der Waals surface area contributed by atoms with Crippen LogP contribution in [0.4, 0.5) is 0 Å². The highest BCUT2D eigenvalue weighted by Gasteiger charge is 2.30. The van der Waals surface area contributed by atoms with Crippen LogP contribution in [-0.4, -0.2) is 51.9 Å². The van der Waals surface area contributed by atoms with Gasteiger partial charge in [0.15, 0.2) is 20.8 Å². The maximum absolute atomic E-state index is 12.6. The van der Waals surface area contributed by atoms with Gasteiger partial charge in [-0.1, -0.05) is 43.8 Å². The zero-order chi connectivity index (χ0) is 22.4. The second-order valence-corrected chi connectivity index (χ2v) is 11.7. The quantitative estimate of drug-likeness (QED) is 0.537. The Morgan fingerprint density at radius 2 is 2.00 bits per heavy atom. The van der Waals surface area contributed by atoms with Gasteiger partial charge in [0.1, 0.15) is 12.4 Å². The number of carbonyl (C=O) groups is 1. The lowest BCUT2D eigenvalue weighted by molar-refractivity contribution is -0.120. The molecule has 3 rings (SSSR count). The van der Waals surface area contributed by atoms with E-state index in [-0.39, 0.29) is 30.1 Å². The molecule has 170 valence electrons. The second-order valence-electron chi connectivity index (χ2n) is 8.20. The number of hydrogen-bond donors (Lipinski definition) is 1. The average Bonchev–Trinajstić information content (AvgIpc) is 3.27. The molecule has 0 spiro atoms. The fourth-order valence-electron chi connectivity index (χ4n) is 3.23. The second kappa shape index (κ2) is 10.5. The van der Waals surface area contributed by atoms with Gasteiger partial charge in [0.2, 0.25) is 5.91 Å². The Labute approximate surface area is 188 Å². The van der Waals surface area contributed by atoms with Crippen LogP contribution in [0.5, 0.6) is 5.75 Å². The number of hydrogen-bond acceptors (Lipinski definition) is 7. The van der Waals surface area contributed by atoms with Crippen molar-refractivity contribution in [1.29, 1.82) is 0 Å². The minimum Gasteiger partial charge on any atom is -0.486 e. The number of sulfone groups is 1. The number of nitrogens with one attached hydrogen (secondary N) is 1. The van der Waals surface area contributed by atoms with E-state index in [4.69, 9.17) is 4.74 Å². The molecule has 0 saturated carbocycles. The van der Waals surface area contributed by atoms with Crippen molar-refractivity contribution in [3.8, 4) is 5.75 Å².